The number of likely N-dealkylation sites (tertiary alicyclic amines) is 1. The number of aromatic nitrogens is 2. The highest BCUT2D eigenvalue weighted by molar-refractivity contribution is 5.11. The first-order chi connectivity index (χ1) is 10.3. The van der Waals surface area contributed by atoms with Crippen molar-refractivity contribution in [2.45, 2.75) is 63.5 Å². The number of nitrogens with zero attached hydrogens (tertiary/aromatic N) is 3. The molecule has 0 radical (unpaired) electrons. The predicted octanol–water partition coefficient (Wildman–Crippen LogP) is 2.87. The summed E-state index contributed by atoms with van der Waals surface area (Å²) in [5.74, 6) is 0. The van der Waals surface area contributed by atoms with Gasteiger partial charge in [-0.05, 0) is 57.0 Å². The summed E-state index contributed by atoms with van der Waals surface area (Å²) in [4.78, 5) is 7.02. The van der Waals surface area contributed by atoms with Crippen LogP contribution in [0, 0.1) is 5.41 Å². The molecular formula is C17H28N4. The summed E-state index contributed by atoms with van der Waals surface area (Å²) in [6, 6.07) is 1.06. The highest BCUT2D eigenvalue weighted by Gasteiger charge is 2.39. The first-order valence-electron chi connectivity index (χ1n) is 8.77. The Kier molecular flexibility index (Phi) is 3.54. The van der Waals surface area contributed by atoms with Crippen molar-refractivity contribution in [2.75, 3.05) is 19.6 Å². The lowest BCUT2D eigenvalue weighted by Gasteiger charge is -2.42. The molecule has 2 heterocycles. The molecule has 1 saturated heterocycles. The second-order valence-corrected chi connectivity index (χ2v) is 7.45. The van der Waals surface area contributed by atoms with E-state index in [4.69, 9.17) is 5.73 Å². The third-order valence-corrected chi connectivity index (χ3v) is 6.16. The molecule has 3 aliphatic rings. The molecule has 3 fully saturated rings. The molecule has 2 aliphatic carbocycles. The summed E-state index contributed by atoms with van der Waals surface area (Å²) in [5, 5.41) is 0. The minimum Gasteiger partial charge on any atom is -0.330 e. The topological polar surface area (TPSA) is 47.1 Å². The Hall–Kier alpha value is -0.870. The molecule has 116 valence electrons. The van der Waals surface area contributed by atoms with E-state index in [2.05, 4.69) is 20.6 Å². The molecule has 4 rings (SSSR count). The van der Waals surface area contributed by atoms with Crippen molar-refractivity contribution in [1.29, 1.82) is 0 Å². The highest BCUT2D eigenvalue weighted by atomic mass is 15.2. The molecule has 1 atom stereocenters. The Balaban J connectivity index is 1.47. The number of hydrogen-bond acceptors (Lipinski definition) is 3. The maximum absolute atomic E-state index is 6.15. The van der Waals surface area contributed by atoms with Crippen LogP contribution in [0.5, 0.6) is 0 Å². The maximum atomic E-state index is 6.15. The second-order valence-electron chi connectivity index (χ2n) is 7.45. The van der Waals surface area contributed by atoms with Gasteiger partial charge in [-0.1, -0.05) is 12.8 Å². The summed E-state index contributed by atoms with van der Waals surface area (Å²) in [6.45, 7) is 3.15. The van der Waals surface area contributed by atoms with Gasteiger partial charge in [0.25, 0.3) is 0 Å². The lowest BCUT2D eigenvalue weighted by Crippen LogP contribution is -2.43. The van der Waals surface area contributed by atoms with Gasteiger partial charge >= 0.3 is 0 Å². The predicted molar refractivity (Wildman–Crippen MR) is 84.0 cm³/mol. The van der Waals surface area contributed by atoms with Crippen molar-refractivity contribution in [1.82, 2.24) is 14.5 Å². The van der Waals surface area contributed by atoms with Crippen LogP contribution < -0.4 is 5.73 Å². The van der Waals surface area contributed by atoms with Crippen LogP contribution in [-0.2, 0) is 0 Å². The van der Waals surface area contributed by atoms with Crippen molar-refractivity contribution in [3.8, 4) is 0 Å². The summed E-state index contributed by atoms with van der Waals surface area (Å²) >= 11 is 0. The van der Waals surface area contributed by atoms with Gasteiger partial charge in [0, 0.05) is 18.8 Å². The molecular weight excluding hydrogens is 260 g/mol. The van der Waals surface area contributed by atoms with Crippen molar-refractivity contribution in [3.63, 3.8) is 0 Å². The highest BCUT2D eigenvalue weighted by Crippen LogP contribution is 2.47. The van der Waals surface area contributed by atoms with E-state index < -0.39 is 0 Å². The maximum Gasteiger partial charge on any atom is 0.0951 e. The second kappa shape index (κ2) is 5.40. The van der Waals surface area contributed by atoms with E-state index in [1.807, 2.05) is 6.33 Å². The summed E-state index contributed by atoms with van der Waals surface area (Å²) in [7, 11) is 0. The van der Waals surface area contributed by atoms with Crippen LogP contribution in [0.1, 0.15) is 69.1 Å². The summed E-state index contributed by atoms with van der Waals surface area (Å²) in [5.41, 5.74) is 8.18. The van der Waals surface area contributed by atoms with E-state index in [9.17, 15) is 0 Å². The Morgan fingerprint density at radius 3 is 2.52 bits per heavy atom. The van der Waals surface area contributed by atoms with Crippen LogP contribution in [0.15, 0.2) is 12.5 Å². The smallest absolute Gasteiger partial charge is 0.0951 e. The van der Waals surface area contributed by atoms with Crippen molar-refractivity contribution in [2.24, 2.45) is 11.1 Å². The first-order valence-corrected chi connectivity index (χ1v) is 8.77. The van der Waals surface area contributed by atoms with E-state index in [0.717, 1.165) is 0 Å². The summed E-state index contributed by atoms with van der Waals surface area (Å²) < 4.78 is 2.39. The quantitative estimate of drug-likeness (QED) is 0.926. The minimum atomic E-state index is 0.367. The van der Waals surface area contributed by atoms with Crippen LogP contribution in [0.4, 0.5) is 0 Å². The molecule has 2 saturated carbocycles. The van der Waals surface area contributed by atoms with Crippen LogP contribution in [0.2, 0.25) is 0 Å². The number of piperidine rings is 1. The number of imidazole rings is 1. The van der Waals surface area contributed by atoms with E-state index in [1.165, 1.54) is 70.2 Å². The Bertz CT molecular complexity index is 475. The fourth-order valence-corrected chi connectivity index (χ4v) is 4.62. The number of hydrogen-bond donors (Lipinski definition) is 1. The molecule has 1 aliphatic heterocycles. The fourth-order valence-electron chi connectivity index (χ4n) is 4.62. The molecule has 0 bridgehead atoms. The van der Waals surface area contributed by atoms with E-state index in [0.29, 0.717) is 24.0 Å². The van der Waals surface area contributed by atoms with Gasteiger partial charge in [-0.15, -0.1) is 0 Å². The van der Waals surface area contributed by atoms with Crippen molar-refractivity contribution >= 4 is 0 Å². The van der Waals surface area contributed by atoms with Crippen LogP contribution in [0.25, 0.3) is 0 Å². The SMILES string of the molecule is NCC(c1cncn1C1CC1)N1CCC2(CCCC2)CC1. The van der Waals surface area contributed by atoms with E-state index in [-0.39, 0.29) is 0 Å². The molecule has 1 aromatic rings. The van der Waals surface area contributed by atoms with Gasteiger partial charge in [-0.3, -0.25) is 4.90 Å². The average molecular weight is 288 g/mol. The van der Waals surface area contributed by atoms with Crippen molar-refractivity contribution in [3.05, 3.63) is 18.2 Å². The monoisotopic (exact) mass is 288 g/mol. The third-order valence-electron chi connectivity index (χ3n) is 6.16. The molecule has 21 heavy (non-hydrogen) atoms. The van der Waals surface area contributed by atoms with Gasteiger partial charge in [-0.25, -0.2) is 4.98 Å². The van der Waals surface area contributed by atoms with Crippen LogP contribution >= 0.6 is 0 Å². The third kappa shape index (κ3) is 2.53. The fraction of sp³-hybridized carbons (Fsp3) is 0.824. The van der Waals surface area contributed by atoms with Gasteiger partial charge in [0.05, 0.1) is 18.1 Å². The van der Waals surface area contributed by atoms with Gasteiger partial charge < -0.3 is 10.3 Å². The van der Waals surface area contributed by atoms with Gasteiger partial charge in [0.15, 0.2) is 0 Å². The zero-order valence-corrected chi connectivity index (χ0v) is 13.0. The molecule has 0 aromatic carbocycles. The first kappa shape index (κ1) is 13.8. The van der Waals surface area contributed by atoms with E-state index >= 15 is 0 Å². The molecule has 4 heteroatoms. The Labute approximate surface area is 127 Å². The average Bonchev–Trinajstić information content (AvgIpc) is 3.07. The van der Waals surface area contributed by atoms with Gasteiger partial charge in [0.1, 0.15) is 0 Å². The molecule has 4 nitrogen and oxygen atoms in total. The normalized spacial score (nSPS) is 27.3. The van der Waals surface area contributed by atoms with Gasteiger partial charge in [0.2, 0.25) is 0 Å². The Morgan fingerprint density at radius 1 is 1.19 bits per heavy atom. The lowest BCUT2D eigenvalue weighted by atomic mass is 9.76. The largest absolute Gasteiger partial charge is 0.330 e. The lowest BCUT2D eigenvalue weighted by molar-refractivity contribution is 0.0753. The zero-order chi connectivity index (χ0) is 14.3. The number of rotatable bonds is 4. The number of nitrogens with two attached hydrogens (primary N) is 1. The molecule has 1 spiro atoms. The van der Waals surface area contributed by atoms with Gasteiger partial charge in [-0.2, -0.15) is 0 Å². The minimum absolute atomic E-state index is 0.367. The molecule has 2 N–H and O–H groups in total. The van der Waals surface area contributed by atoms with Crippen molar-refractivity contribution < 1.29 is 0 Å². The zero-order valence-electron chi connectivity index (χ0n) is 13.0. The Morgan fingerprint density at radius 2 is 1.90 bits per heavy atom. The molecule has 0 amide bonds. The molecule has 1 aromatic heterocycles. The standard InChI is InChI=1S/C17H28N4/c18-11-15(16-12-19-13-21(16)14-3-4-14)20-9-7-17(8-10-20)5-1-2-6-17/h12-15H,1-11,18H2. The summed E-state index contributed by atoms with van der Waals surface area (Å²) in [6.07, 6.45) is 15.3. The molecule has 1 unspecified atom stereocenters. The van der Waals surface area contributed by atoms with Crippen LogP contribution in [-0.4, -0.2) is 34.1 Å². The van der Waals surface area contributed by atoms with E-state index in [1.54, 1.807) is 0 Å². The van der Waals surface area contributed by atoms with Crippen LogP contribution in [0.3, 0.4) is 0 Å².